The van der Waals surface area contributed by atoms with Gasteiger partial charge in [-0.25, -0.2) is 9.37 Å². The predicted octanol–water partition coefficient (Wildman–Crippen LogP) is 0.935. The van der Waals surface area contributed by atoms with Crippen molar-refractivity contribution >= 4 is 0 Å². The van der Waals surface area contributed by atoms with Crippen molar-refractivity contribution in [1.29, 1.82) is 0 Å². The van der Waals surface area contributed by atoms with Gasteiger partial charge in [-0.05, 0) is 0 Å². The molecule has 0 saturated carbocycles. The van der Waals surface area contributed by atoms with E-state index in [1.807, 2.05) is 0 Å². The zero-order valence-electron chi connectivity index (χ0n) is 5.34. The highest BCUT2D eigenvalue weighted by atomic mass is 19.1. The predicted molar refractivity (Wildman–Crippen MR) is 32.4 cm³/mol. The first kappa shape index (κ1) is 6.80. The number of aromatic hydroxyl groups is 1. The molecule has 0 unspecified atom stereocenters. The van der Waals surface area contributed by atoms with Crippen LogP contribution in [0, 0.1) is 5.82 Å². The number of halogens is 1. The topological polar surface area (TPSA) is 42.4 Å². The highest BCUT2D eigenvalue weighted by Gasteiger charge is 2.01. The van der Waals surface area contributed by atoms with E-state index in [1.165, 1.54) is 7.11 Å². The van der Waals surface area contributed by atoms with Crippen LogP contribution in [-0.4, -0.2) is 17.2 Å². The summed E-state index contributed by atoms with van der Waals surface area (Å²) in [6.07, 6.45) is 0.994. The van der Waals surface area contributed by atoms with Crippen molar-refractivity contribution in [3.05, 3.63) is 18.1 Å². The molecule has 0 saturated heterocycles. The molecule has 1 rings (SSSR count). The largest absolute Gasteiger partial charge is 0.504 e. The number of pyridine rings is 1. The second kappa shape index (κ2) is 2.51. The van der Waals surface area contributed by atoms with Crippen LogP contribution in [0.4, 0.5) is 4.39 Å². The molecule has 1 heterocycles. The lowest BCUT2D eigenvalue weighted by Gasteiger charge is -1.97. The Bertz CT molecular complexity index is 239. The smallest absolute Gasteiger partial charge is 0.216 e. The lowest BCUT2D eigenvalue weighted by molar-refractivity contribution is 0.381. The van der Waals surface area contributed by atoms with Gasteiger partial charge in [0.15, 0.2) is 11.6 Å². The molecule has 0 atom stereocenters. The van der Waals surface area contributed by atoms with Crippen molar-refractivity contribution in [2.45, 2.75) is 0 Å². The fourth-order valence-corrected chi connectivity index (χ4v) is 0.518. The SMILES string of the molecule is COc1cc(F)c(O)cn1. The van der Waals surface area contributed by atoms with Gasteiger partial charge in [0.25, 0.3) is 0 Å². The summed E-state index contributed by atoms with van der Waals surface area (Å²) in [7, 11) is 1.37. The minimum atomic E-state index is -0.730. The molecule has 1 aromatic rings. The third kappa shape index (κ3) is 1.15. The fourth-order valence-electron chi connectivity index (χ4n) is 0.518. The Morgan fingerprint density at radius 3 is 2.90 bits per heavy atom. The number of aromatic nitrogens is 1. The molecule has 54 valence electrons. The van der Waals surface area contributed by atoms with Gasteiger partial charge < -0.3 is 9.84 Å². The van der Waals surface area contributed by atoms with E-state index in [1.54, 1.807) is 0 Å². The summed E-state index contributed by atoms with van der Waals surface area (Å²) in [6, 6.07) is 1.01. The van der Waals surface area contributed by atoms with Gasteiger partial charge in [0, 0.05) is 6.07 Å². The maximum atomic E-state index is 12.4. The minimum Gasteiger partial charge on any atom is -0.504 e. The van der Waals surface area contributed by atoms with Crippen molar-refractivity contribution in [1.82, 2.24) is 4.98 Å². The van der Waals surface area contributed by atoms with E-state index in [2.05, 4.69) is 9.72 Å². The molecular weight excluding hydrogens is 137 g/mol. The molecule has 4 heteroatoms. The van der Waals surface area contributed by atoms with Crippen LogP contribution in [0.1, 0.15) is 0 Å². The lowest BCUT2D eigenvalue weighted by Crippen LogP contribution is -1.87. The lowest BCUT2D eigenvalue weighted by atomic mass is 10.4. The van der Waals surface area contributed by atoms with Gasteiger partial charge in [-0.2, -0.15) is 0 Å². The van der Waals surface area contributed by atoms with E-state index >= 15 is 0 Å². The number of methoxy groups -OCH3 is 1. The third-order valence-corrected chi connectivity index (χ3v) is 1.02. The normalized spacial score (nSPS) is 9.40. The van der Waals surface area contributed by atoms with Gasteiger partial charge in [-0.1, -0.05) is 0 Å². The van der Waals surface area contributed by atoms with Crippen molar-refractivity contribution in [3.63, 3.8) is 0 Å². The van der Waals surface area contributed by atoms with Gasteiger partial charge in [0.2, 0.25) is 5.88 Å². The Balaban J connectivity index is 3.04. The Hall–Kier alpha value is -1.32. The quantitative estimate of drug-likeness (QED) is 0.636. The fraction of sp³-hybridized carbons (Fsp3) is 0.167. The summed E-state index contributed by atoms with van der Waals surface area (Å²) < 4.78 is 17.0. The standard InChI is InChI=1S/C6H6FNO2/c1-10-6-2-4(7)5(9)3-8-6/h2-3,9H,1H3. The molecule has 0 aliphatic rings. The maximum absolute atomic E-state index is 12.4. The van der Waals surface area contributed by atoms with E-state index in [-0.39, 0.29) is 5.88 Å². The zero-order chi connectivity index (χ0) is 7.56. The Labute approximate surface area is 57.1 Å². The first-order chi connectivity index (χ1) is 4.74. The third-order valence-electron chi connectivity index (χ3n) is 1.02. The van der Waals surface area contributed by atoms with E-state index in [0.29, 0.717) is 0 Å². The number of rotatable bonds is 1. The average molecular weight is 143 g/mol. The van der Waals surface area contributed by atoms with E-state index in [4.69, 9.17) is 5.11 Å². The highest BCUT2D eigenvalue weighted by Crippen LogP contribution is 2.16. The van der Waals surface area contributed by atoms with E-state index in [0.717, 1.165) is 12.3 Å². The second-order valence-electron chi connectivity index (χ2n) is 1.68. The van der Waals surface area contributed by atoms with Crippen LogP contribution in [0.3, 0.4) is 0 Å². The van der Waals surface area contributed by atoms with E-state index in [9.17, 15) is 4.39 Å². The molecule has 1 N–H and O–H groups in total. The molecule has 3 nitrogen and oxygen atoms in total. The number of hydrogen-bond donors (Lipinski definition) is 1. The molecule has 0 spiro atoms. The molecule has 0 amide bonds. The van der Waals surface area contributed by atoms with Gasteiger partial charge in [0.05, 0.1) is 13.3 Å². The Morgan fingerprint density at radius 1 is 1.70 bits per heavy atom. The van der Waals surface area contributed by atoms with Gasteiger partial charge in [0.1, 0.15) is 0 Å². The number of ether oxygens (including phenoxy) is 1. The summed E-state index contributed by atoms with van der Waals surface area (Å²) in [5.74, 6) is -1.05. The van der Waals surface area contributed by atoms with Gasteiger partial charge in [-0.15, -0.1) is 0 Å². The van der Waals surface area contributed by atoms with Crippen LogP contribution in [-0.2, 0) is 0 Å². The summed E-state index contributed by atoms with van der Waals surface area (Å²) in [5, 5.41) is 8.65. The van der Waals surface area contributed by atoms with Crippen molar-refractivity contribution in [2.24, 2.45) is 0 Å². The second-order valence-corrected chi connectivity index (χ2v) is 1.68. The van der Waals surface area contributed by atoms with Gasteiger partial charge >= 0.3 is 0 Å². The van der Waals surface area contributed by atoms with Crippen LogP contribution in [0.5, 0.6) is 11.6 Å². The molecular formula is C6H6FNO2. The monoisotopic (exact) mass is 143 g/mol. The van der Waals surface area contributed by atoms with E-state index < -0.39 is 11.6 Å². The van der Waals surface area contributed by atoms with Crippen LogP contribution < -0.4 is 4.74 Å². The van der Waals surface area contributed by atoms with Crippen LogP contribution in [0.25, 0.3) is 0 Å². The zero-order valence-corrected chi connectivity index (χ0v) is 5.34. The molecule has 0 fully saturated rings. The number of nitrogens with zero attached hydrogens (tertiary/aromatic N) is 1. The van der Waals surface area contributed by atoms with Gasteiger partial charge in [-0.3, -0.25) is 0 Å². The minimum absolute atomic E-state index is 0.148. The first-order valence-electron chi connectivity index (χ1n) is 2.62. The van der Waals surface area contributed by atoms with Crippen molar-refractivity contribution in [3.8, 4) is 11.6 Å². The number of hydrogen-bond acceptors (Lipinski definition) is 3. The van der Waals surface area contributed by atoms with Crippen LogP contribution in [0.15, 0.2) is 12.3 Å². The summed E-state index contributed by atoms with van der Waals surface area (Å²) in [4.78, 5) is 3.55. The molecule has 0 radical (unpaired) electrons. The van der Waals surface area contributed by atoms with Crippen LogP contribution in [0.2, 0.25) is 0 Å². The molecule has 0 aliphatic carbocycles. The average Bonchev–Trinajstić information content (AvgIpc) is 1.95. The molecule has 1 aromatic heterocycles. The summed E-state index contributed by atoms with van der Waals surface area (Å²) in [6.45, 7) is 0. The molecule has 0 bridgehead atoms. The maximum Gasteiger partial charge on any atom is 0.216 e. The Morgan fingerprint density at radius 2 is 2.40 bits per heavy atom. The van der Waals surface area contributed by atoms with Crippen molar-refractivity contribution < 1.29 is 14.2 Å². The molecule has 10 heavy (non-hydrogen) atoms. The highest BCUT2D eigenvalue weighted by molar-refractivity contribution is 5.23. The molecule has 0 aromatic carbocycles. The summed E-state index contributed by atoms with van der Waals surface area (Å²) in [5.41, 5.74) is 0. The summed E-state index contributed by atoms with van der Waals surface area (Å²) >= 11 is 0. The Kier molecular flexibility index (Phi) is 1.71. The molecule has 0 aliphatic heterocycles. The van der Waals surface area contributed by atoms with Crippen LogP contribution >= 0.6 is 0 Å². The van der Waals surface area contributed by atoms with Crippen molar-refractivity contribution in [2.75, 3.05) is 7.11 Å². The first-order valence-corrected chi connectivity index (χ1v) is 2.62.